The Labute approximate surface area is 130 Å². The zero-order valence-corrected chi connectivity index (χ0v) is 12.5. The standard InChI is InChI=1S/C19H17NO2/c1-20-14-18-10-6-5-9-17(18)13-16-8-4-3-7-15(16)11-12-19(21)22-2/h3-12H,13-14H2,2H3/b12-11+. The van der Waals surface area contributed by atoms with Crippen LogP contribution in [0.15, 0.2) is 54.6 Å². The second kappa shape index (κ2) is 7.80. The highest BCUT2D eigenvalue weighted by atomic mass is 16.5. The maximum absolute atomic E-state index is 11.3. The molecule has 2 aromatic carbocycles. The molecule has 0 saturated heterocycles. The van der Waals surface area contributed by atoms with E-state index in [2.05, 4.69) is 9.58 Å². The molecule has 0 amide bonds. The van der Waals surface area contributed by atoms with Gasteiger partial charge in [0.25, 0.3) is 0 Å². The van der Waals surface area contributed by atoms with E-state index in [4.69, 9.17) is 6.57 Å². The van der Waals surface area contributed by atoms with Gasteiger partial charge in [-0.1, -0.05) is 48.5 Å². The Hall–Kier alpha value is -2.86. The van der Waals surface area contributed by atoms with Gasteiger partial charge in [-0.15, -0.1) is 0 Å². The molecule has 0 aromatic heterocycles. The lowest BCUT2D eigenvalue weighted by Gasteiger charge is -2.08. The van der Waals surface area contributed by atoms with Crippen LogP contribution in [0, 0.1) is 6.57 Å². The van der Waals surface area contributed by atoms with Crippen LogP contribution in [0.5, 0.6) is 0 Å². The Kier molecular flexibility index (Phi) is 5.50. The number of carbonyl (C=O) groups is 1. The van der Waals surface area contributed by atoms with Gasteiger partial charge in [-0.3, -0.25) is 0 Å². The van der Waals surface area contributed by atoms with E-state index >= 15 is 0 Å². The third-order valence-electron chi connectivity index (χ3n) is 3.40. The largest absolute Gasteiger partial charge is 0.466 e. The fraction of sp³-hybridized carbons (Fsp3) is 0.158. The molecule has 0 radical (unpaired) electrons. The summed E-state index contributed by atoms with van der Waals surface area (Å²) in [5.74, 6) is -0.372. The molecular weight excluding hydrogens is 274 g/mol. The molecule has 3 nitrogen and oxygen atoms in total. The Bertz CT molecular complexity index is 726. The molecular formula is C19H17NO2. The third kappa shape index (κ3) is 4.07. The summed E-state index contributed by atoms with van der Waals surface area (Å²) >= 11 is 0. The predicted molar refractivity (Wildman–Crippen MR) is 87.0 cm³/mol. The van der Waals surface area contributed by atoms with Crippen LogP contribution in [-0.2, 0) is 22.5 Å². The molecule has 0 fully saturated rings. The lowest BCUT2D eigenvalue weighted by atomic mass is 9.96. The summed E-state index contributed by atoms with van der Waals surface area (Å²) in [5.41, 5.74) is 4.27. The molecule has 0 unspecified atom stereocenters. The summed E-state index contributed by atoms with van der Waals surface area (Å²) in [4.78, 5) is 14.7. The van der Waals surface area contributed by atoms with Gasteiger partial charge in [0, 0.05) is 11.6 Å². The maximum Gasteiger partial charge on any atom is 0.330 e. The van der Waals surface area contributed by atoms with E-state index < -0.39 is 0 Å². The summed E-state index contributed by atoms with van der Waals surface area (Å²) in [7, 11) is 1.36. The van der Waals surface area contributed by atoms with Crippen molar-refractivity contribution in [2.45, 2.75) is 13.0 Å². The van der Waals surface area contributed by atoms with Crippen molar-refractivity contribution in [2.75, 3.05) is 7.11 Å². The average molecular weight is 291 g/mol. The number of methoxy groups -OCH3 is 1. The van der Waals surface area contributed by atoms with Crippen molar-refractivity contribution < 1.29 is 9.53 Å². The van der Waals surface area contributed by atoms with Gasteiger partial charge >= 0.3 is 5.97 Å². The fourth-order valence-corrected chi connectivity index (χ4v) is 2.26. The number of benzene rings is 2. The van der Waals surface area contributed by atoms with Gasteiger partial charge in [0.2, 0.25) is 6.54 Å². The summed E-state index contributed by atoms with van der Waals surface area (Å²) in [6.07, 6.45) is 3.91. The van der Waals surface area contributed by atoms with Crippen LogP contribution in [-0.4, -0.2) is 13.1 Å². The first-order chi connectivity index (χ1) is 10.7. The SMILES string of the molecule is [C-]#[N+]Cc1ccccc1Cc1ccccc1/C=C/C(=O)OC. The minimum atomic E-state index is -0.372. The quantitative estimate of drug-likeness (QED) is 0.475. The maximum atomic E-state index is 11.3. The molecule has 2 rings (SSSR count). The second-order valence-corrected chi connectivity index (χ2v) is 4.82. The first-order valence-corrected chi connectivity index (χ1v) is 6.98. The fourth-order valence-electron chi connectivity index (χ4n) is 2.26. The molecule has 0 aliphatic carbocycles. The monoisotopic (exact) mass is 291 g/mol. The van der Waals surface area contributed by atoms with E-state index in [9.17, 15) is 4.79 Å². The lowest BCUT2D eigenvalue weighted by Crippen LogP contribution is -1.97. The van der Waals surface area contributed by atoms with Gasteiger partial charge in [-0.25, -0.2) is 11.4 Å². The van der Waals surface area contributed by atoms with E-state index in [1.807, 2.05) is 48.5 Å². The molecule has 0 heterocycles. The number of esters is 1. The van der Waals surface area contributed by atoms with Crippen LogP contribution < -0.4 is 0 Å². The first-order valence-electron chi connectivity index (χ1n) is 6.98. The van der Waals surface area contributed by atoms with Crippen LogP contribution in [0.25, 0.3) is 10.9 Å². The van der Waals surface area contributed by atoms with Crippen LogP contribution in [0.1, 0.15) is 22.3 Å². The molecule has 0 aliphatic rings. The predicted octanol–water partition coefficient (Wildman–Crippen LogP) is 3.88. The average Bonchev–Trinajstić information content (AvgIpc) is 2.55. The Morgan fingerprint density at radius 3 is 2.41 bits per heavy atom. The highest BCUT2D eigenvalue weighted by Gasteiger charge is 2.07. The van der Waals surface area contributed by atoms with Crippen molar-refractivity contribution in [3.63, 3.8) is 0 Å². The number of hydrogen-bond acceptors (Lipinski definition) is 2. The van der Waals surface area contributed by atoms with Crippen LogP contribution in [0.3, 0.4) is 0 Å². The molecule has 0 saturated carbocycles. The molecule has 0 atom stereocenters. The van der Waals surface area contributed by atoms with Crippen LogP contribution >= 0.6 is 0 Å². The minimum absolute atomic E-state index is 0.372. The van der Waals surface area contributed by atoms with E-state index in [1.165, 1.54) is 13.2 Å². The van der Waals surface area contributed by atoms with Crippen molar-refractivity contribution in [3.05, 3.63) is 88.3 Å². The van der Waals surface area contributed by atoms with Crippen LogP contribution in [0.4, 0.5) is 0 Å². The molecule has 3 heteroatoms. The summed E-state index contributed by atoms with van der Waals surface area (Å²) in [6, 6.07) is 15.9. The Morgan fingerprint density at radius 1 is 1.09 bits per heavy atom. The number of hydrogen-bond donors (Lipinski definition) is 0. The van der Waals surface area contributed by atoms with Gasteiger partial charge in [0.15, 0.2) is 0 Å². The molecule has 0 N–H and O–H groups in total. The number of nitrogens with zero attached hydrogens (tertiary/aromatic N) is 1. The summed E-state index contributed by atoms with van der Waals surface area (Å²) in [5, 5.41) is 0. The van der Waals surface area contributed by atoms with E-state index in [0.29, 0.717) is 6.54 Å². The van der Waals surface area contributed by atoms with Gasteiger partial charge in [-0.05, 0) is 29.2 Å². The van der Waals surface area contributed by atoms with E-state index in [-0.39, 0.29) is 5.97 Å². The molecule has 0 bridgehead atoms. The number of ether oxygens (including phenoxy) is 1. The summed E-state index contributed by atoms with van der Waals surface area (Å²) in [6.45, 7) is 7.44. The minimum Gasteiger partial charge on any atom is -0.466 e. The van der Waals surface area contributed by atoms with E-state index in [0.717, 1.165) is 28.7 Å². The topological polar surface area (TPSA) is 30.7 Å². The highest BCUT2D eigenvalue weighted by molar-refractivity contribution is 5.87. The second-order valence-electron chi connectivity index (χ2n) is 4.82. The third-order valence-corrected chi connectivity index (χ3v) is 3.40. The van der Waals surface area contributed by atoms with Crippen molar-refractivity contribution in [2.24, 2.45) is 0 Å². The van der Waals surface area contributed by atoms with Gasteiger partial charge in [0.1, 0.15) is 0 Å². The van der Waals surface area contributed by atoms with Gasteiger partial charge in [-0.2, -0.15) is 0 Å². The normalized spacial score (nSPS) is 10.4. The first kappa shape index (κ1) is 15.5. The van der Waals surface area contributed by atoms with Crippen LogP contribution in [0.2, 0.25) is 0 Å². The Balaban J connectivity index is 2.29. The van der Waals surface area contributed by atoms with E-state index in [1.54, 1.807) is 6.08 Å². The lowest BCUT2D eigenvalue weighted by molar-refractivity contribution is -0.134. The molecule has 2 aromatic rings. The molecule has 110 valence electrons. The van der Waals surface area contributed by atoms with Gasteiger partial charge < -0.3 is 9.58 Å². The smallest absolute Gasteiger partial charge is 0.330 e. The zero-order chi connectivity index (χ0) is 15.8. The van der Waals surface area contributed by atoms with Crippen molar-refractivity contribution in [3.8, 4) is 0 Å². The molecule has 0 spiro atoms. The highest BCUT2D eigenvalue weighted by Crippen LogP contribution is 2.19. The van der Waals surface area contributed by atoms with Crippen molar-refractivity contribution >= 4 is 12.0 Å². The number of rotatable bonds is 5. The molecule has 0 aliphatic heterocycles. The van der Waals surface area contributed by atoms with Crippen molar-refractivity contribution in [1.82, 2.24) is 0 Å². The zero-order valence-electron chi connectivity index (χ0n) is 12.5. The number of carbonyl (C=O) groups excluding carboxylic acids is 1. The van der Waals surface area contributed by atoms with Gasteiger partial charge in [0.05, 0.1) is 7.11 Å². The molecule has 22 heavy (non-hydrogen) atoms. The Morgan fingerprint density at radius 2 is 1.73 bits per heavy atom. The van der Waals surface area contributed by atoms with Crippen molar-refractivity contribution in [1.29, 1.82) is 0 Å². The summed E-state index contributed by atoms with van der Waals surface area (Å²) < 4.78 is 4.62.